The molecule has 32 valence electrons. The Labute approximate surface area is 43.0 Å². The number of hydrogen-bond donors (Lipinski definition) is 0. The molecule has 0 aromatic carbocycles. The van der Waals surface area contributed by atoms with Gasteiger partial charge in [-0.2, -0.15) is 4.25 Å². The van der Waals surface area contributed by atoms with Crippen LogP contribution in [-0.4, -0.2) is 0 Å². The second-order valence-electron chi connectivity index (χ2n) is 0.720. The van der Waals surface area contributed by atoms with E-state index >= 15 is 0 Å². The largest absolute Gasteiger partial charge is 0.282 e. The van der Waals surface area contributed by atoms with Crippen molar-refractivity contribution in [1.29, 1.82) is 0 Å². The van der Waals surface area contributed by atoms with E-state index in [0.717, 1.165) is 0 Å². The third-order valence-electron chi connectivity index (χ3n) is 0.294. The number of allylic oxidation sites excluding steroid dienone is 2. The summed E-state index contributed by atoms with van der Waals surface area (Å²) in [7, 11) is 0. The van der Waals surface area contributed by atoms with E-state index in [1.165, 1.54) is 0 Å². The van der Waals surface area contributed by atoms with Gasteiger partial charge in [0.1, 0.15) is 0 Å². The van der Waals surface area contributed by atoms with Gasteiger partial charge in [0.05, 0.1) is 6.08 Å². The molecule has 1 nitrogen and oxygen atoms in total. The number of nitrogens with zero attached hydrogens (tertiary/aromatic N) is 1. The first-order valence-corrected chi connectivity index (χ1v) is 1.97. The Hall–Kier alpha value is -0.550. The molecule has 0 saturated carbocycles. The van der Waals surface area contributed by atoms with E-state index in [2.05, 4.69) is 23.1 Å². The molecule has 0 N–H and O–H groups in total. The summed E-state index contributed by atoms with van der Waals surface area (Å²) in [6, 6.07) is 2.46. The molecule has 0 saturated heterocycles. The summed E-state index contributed by atoms with van der Waals surface area (Å²) in [6.45, 7) is 1.88. The molecule has 0 spiro atoms. The molecular weight excluding hydrogens is 94.1 g/mol. The van der Waals surface area contributed by atoms with Crippen LogP contribution in [0.15, 0.2) is 12.2 Å². The summed E-state index contributed by atoms with van der Waals surface area (Å²) in [4.78, 5) is 0. The van der Waals surface area contributed by atoms with Crippen molar-refractivity contribution >= 4 is 12.8 Å². The predicted octanol–water partition coefficient (Wildman–Crippen LogP) is 1.36. The maximum absolute atomic E-state index is 4.18. The van der Waals surface area contributed by atoms with E-state index < -0.39 is 0 Å². The molecule has 0 heterocycles. The fourth-order valence-electron chi connectivity index (χ4n) is 0.105. The molecule has 0 aromatic heterocycles. The highest BCUT2D eigenvalue weighted by Gasteiger charge is 1.56. The lowest BCUT2D eigenvalue weighted by Gasteiger charge is -1.50. The molecule has 0 aromatic rings. The van der Waals surface area contributed by atoms with Gasteiger partial charge in [0.2, 0.25) is 0 Å². The monoisotopic (exact) mass is 99.0 g/mol. The van der Waals surface area contributed by atoms with Gasteiger partial charge in [-0.25, -0.2) is 0 Å². The van der Waals surface area contributed by atoms with E-state index in [9.17, 15) is 0 Å². The summed E-state index contributed by atoms with van der Waals surface area (Å²) in [5, 5.41) is 0. The van der Waals surface area contributed by atoms with E-state index in [1.807, 2.05) is 13.0 Å². The highest BCUT2D eigenvalue weighted by Crippen LogP contribution is 1.63. The third kappa shape index (κ3) is 3.45. The van der Waals surface area contributed by atoms with Crippen LogP contribution < -0.4 is 0 Å². The second-order valence-corrected chi connectivity index (χ2v) is 0.903. The summed E-state index contributed by atoms with van der Waals surface area (Å²) >= 11 is 4.18. The van der Waals surface area contributed by atoms with Crippen molar-refractivity contribution in [2.75, 3.05) is 0 Å². The molecule has 6 heavy (non-hydrogen) atoms. The maximum Gasteiger partial charge on any atom is 0.282 e. The minimum atomic E-state index is 1.66. The number of hydrogen-bond acceptors (Lipinski definition) is 1. The average molecular weight is 99.2 g/mol. The molecule has 0 rings (SSSR count). The molecule has 0 fully saturated rings. The van der Waals surface area contributed by atoms with E-state index in [0.29, 0.717) is 0 Å². The summed E-state index contributed by atoms with van der Waals surface area (Å²) in [6.07, 6.45) is 3.48. The van der Waals surface area contributed by atoms with Gasteiger partial charge in [0, 0.05) is 0 Å². The lowest BCUT2D eigenvalue weighted by Crippen LogP contribution is -1.38. The van der Waals surface area contributed by atoms with Crippen LogP contribution in [0.4, 0.5) is 0 Å². The van der Waals surface area contributed by atoms with Crippen molar-refractivity contribution in [3.8, 4) is 6.07 Å². The van der Waals surface area contributed by atoms with E-state index in [1.54, 1.807) is 6.08 Å². The minimum Gasteiger partial charge on any atom is -0.263 e. The Morgan fingerprint density at radius 2 is 2.50 bits per heavy atom. The summed E-state index contributed by atoms with van der Waals surface area (Å²) in [5.74, 6) is 0. The standard InChI is InChI=1S/C4H5NS/c1-2-3-4-5-6/h2-3H,1H3. The van der Waals surface area contributed by atoms with Gasteiger partial charge in [-0.1, -0.05) is 6.08 Å². The molecule has 0 radical (unpaired) electrons. The van der Waals surface area contributed by atoms with Crippen LogP contribution in [0.3, 0.4) is 0 Å². The van der Waals surface area contributed by atoms with Crippen LogP contribution in [0.2, 0.25) is 0 Å². The lowest BCUT2D eigenvalue weighted by molar-refractivity contribution is 1.76. The van der Waals surface area contributed by atoms with Gasteiger partial charge in [-0.3, -0.25) is 12.8 Å². The normalized spacial score (nSPS) is 7.50. The summed E-state index contributed by atoms with van der Waals surface area (Å²) in [5.41, 5.74) is 0. The molecule has 0 unspecified atom stereocenters. The molecule has 2 heteroatoms. The Kier molecular flexibility index (Phi) is 4.04. The third-order valence-corrected chi connectivity index (χ3v) is 0.399. The highest BCUT2D eigenvalue weighted by molar-refractivity contribution is 7.61. The maximum atomic E-state index is 4.18. The van der Waals surface area contributed by atoms with Gasteiger partial charge < -0.3 is 0 Å². The smallest absolute Gasteiger partial charge is 0.263 e. The van der Waals surface area contributed by atoms with Gasteiger partial charge in [0.15, 0.2) is 0 Å². The van der Waals surface area contributed by atoms with Crippen molar-refractivity contribution in [3.63, 3.8) is 0 Å². The van der Waals surface area contributed by atoms with Crippen LogP contribution in [0.5, 0.6) is 0 Å². The Balaban J connectivity index is 3.24. The van der Waals surface area contributed by atoms with Crippen molar-refractivity contribution in [3.05, 3.63) is 16.4 Å². The number of rotatable bonds is 0. The molecule has 0 aliphatic heterocycles. The Morgan fingerprint density at radius 1 is 1.83 bits per heavy atom. The topological polar surface area (TPSA) is 4.36 Å². The van der Waals surface area contributed by atoms with Gasteiger partial charge in [0.25, 0.3) is 6.07 Å². The van der Waals surface area contributed by atoms with Crippen molar-refractivity contribution < 1.29 is 0 Å². The van der Waals surface area contributed by atoms with Crippen LogP contribution in [-0.2, 0) is 12.8 Å². The molecule has 0 amide bonds. The fraction of sp³-hybridized carbons (Fsp3) is 0.250. The van der Waals surface area contributed by atoms with Crippen molar-refractivity contribution in [2.24, 2.45) is 0 Å². The molecule has 0 aliphatic carbocycles. The molecule has 0 aliphatic rings. The molecule has 0 atom stereocenters. The fourth-order valence-corrected chi connectivity index (χ4v) is 0.166. The zero-order valence-corrected chi connectivity index (χ0v) is 4.33. The first kappa shape index (κ1) is 5.45. The average Bonchev–Trinajstić information content (AvgIpc) is 1.61. The lowest BCUT2D eigenvalue weighted by atomic mass is 10.6. The SMILES string of the molecule is CC=CC#[N+][S-]. The Morgan fingerprint density at radius 3 is 2.67 bits per heavy atom. The molecular formula is C4H5NS. The van der Waals surface area contributed by atoms with Gasteiger partial charge in [-0.15, -0.1) is 0 Å². The van der Waals surface area contributed by atoms with E-state index in [-0.39, 0.29) is 0 Å². The second kappa shape index (κ2) is 4.45. The van der Waals surface area contributed by atoms with Gasteiger partial charge in [-0.05, 0) is 6.92 Å². The van der Waals surface area contributed by atoms with Crippen LogP contribution in [0, 0.1) is 6.07 Å². The van der Waals surface area contributed by atoms with Crippen LogP contribution >= 0.6 is 0 Å². The van der Waals surface area contributed by atoms with Gasteiger partial charge >= 0.3 is 0 Å². The first-order chi connectivity index (χ1) is 2.91. The first-order valence-electron chi connectivity index (χ1n) is 1.61. The van der Waals surface area contributed by atoms with Crippen molar-refractivity contribution in [2.45, 2.75) is 6.92 Å². The Bertz CT molecular complexity index is 95.9. The minimum absolute atomic E-state index is 1.66. The van der Waals surface area contributed by atoms with Crippen LogP contribution in [0.1, 0.15) is 6.92 Å². The highest BCUT2D eigenvalue weighted by atomic mass is 32.1. The predicted molar refractivity (Wildman–Crippen MR) is 29.4 cm³/mol. The molecule has 0 bridgehead atoms. The zero-order chi connectivity index (χ0) is 4.83. The van der Waals surface area contributed by atoms with Crippen LogP contribution in [0.25, 0.3) is 4.25 Å². The summed E-state index contributed by atoms with van der Waals surface area (Å²) < 4.78 is 3.17. The van der Waals surface area contributed by atoms with E-state index in [4.69, 9.17) is 0 Å². The zero-order valence-electron chi connectivity index (χ0n) is 3.51. The van der Waals surface area contributed by atoms with Crippen molar-refractivity contribution in [1.82, 2.24) is 0 Å². The quantitative estimate of drug-likeness (QED) is 0.327.